The average molecular weight is 469 g/mol. The van der Waals surface area contributed by atoms with E-state index in [1.807, 2.05) is 6.07 Å². The maximum atomic E-state index is 13.1. The van der Waals surface area contributed by atoms with Crippen molar-refractivity contribution in [2.75, 3.05) is 32.8 Å². The third-order valence-electron chi connectivity index (χ3n) is 5.75. The van der Waals surface area contributed by atoms with E-state index >= 15 is 0 Å². The van der Waals surface area contributed by atoms with Crippen molar-refractivity contribution in [3.63, 3.8) is 0 Å². The van der Waals surface area contributed by atoms with Crippen LogP contribution in [0.5, 0.6) is 5.75 Å². The Morgan fingerprint density at radius 1 is 1.18 bits per heavy atom. The zero-order valence-corrected chi connectivity index (χ0v) is 19.7. The van der Waals surface area contributed by atoms with Crippen LogP contribution in [0.1, 0.15) is 31.0 Å². The number of Topliss-reactive ketones (excluding diaryl/α,β-unsaturated/α-hetero) is 1. The van der Waals surface area contributed by atoms with Crippen LogP contribution in [-0.2, 0) is 9.59 Å². The minimum Gasteiger partial charge on any atom is -0.507 e. The van der Waals surface area contributed by atoms with Gasteiger partial charge in [-0.3, -0.25) is 9.59 Å². The molecule has 1 aliphatic heterocycles. The summed E-state index contributed by atoms with van der Waals surface area (Å²) in [5.74, 6) is -0.963. The average Bonchev–Trinajstić information content (AvgIpc) is 3.08. The number of nitrogens with zero attached hydrogens (tertiary/aromatic N) is 2. The zero-order valence-electron chi connectivity index (χ0n) is 19.0. The molecule has 1 fully saturated rings. The number of halogens is 1. The van der Waals surface area contributed by atoms with E-state index < -0.39 is 17.7 Å². The van der Waals surface area contributed by atoms with Crippen LogP contribution in [0.15, 0.2) is 66.8 Å². The largest absolute Gasteiger partial charge is 0.507 e. The lowest BCUT2D eigenvalue weighted by atomic mass is 9.95. The SMILES string of the molecule is C=CCOc1cccc(C2/C(=C(\O)c3ccc(Cl)cc3)C(=O)C(=O)N2CCN(CC)CC)c1. The summed E-state index contributed by atoms with van der Waals surface area (Å²) in [5.41, 5.74) is 1.17. The second-order valence-corrected chi connectivity index (χ2v) is 8.13. The molecule has 1 unspecified atom stereocenters. The normalized spacial score (nSPS) is 17.6. The maximum absolute atomic E-state index is 13.1. The van der Waals surface area contributed by atoms with E-state index in [1.54, 1.807) is 48.5 Å². The standard InChI is InChI=1S/C26H29ClN2O4/c1-4-16-33-21-9-7-8-19(17-21)23-22(24(30)18-10-12-20(27)13-11-18)25(31)26(32)29(23)15-14-28(5-2)6-3/h4,7-13,17,23,30H,1,5-6,14-16H2,2-3H3/b24-22+. The molecule has 33 heavy (non-hydrogen) atoms. The molecule has 1 aliphatic rings. The fourth-order valence-corrected chi connectivity index (χ4v) is 4.06. The molecule has 2 aromatic carbocycles. The number of aliphatic hydroxyl groups excluding tert-OH is 1. The van der Waals surface area contributed by atoms with E-state index in [0.717, 1.165) is 13.1 Å². The number of aliphatic hydroxyl groups is 1. The Kier molecular flexibility index (Phi) is 8.31. The number of hydrogen-bond donors (Lipinski definition) is 1. The van der Waals surface area contributed by atoms with Crippen molar-refractivity contribution in [1.29, 1.82) is 0 Å². The molecule has 0 bridgehead atoms. The number of ketones is 1. The highest BCUT2D eigenvalue weighted by molar-refractivity contribution is 6.46. The topological polar surface area (TPSA) is 70.1 Å². The highest BCUT2D eigenvalue weighted by Crippen LogP contribution is 2.40. The second kappa shape index (κ2) is 11.2. The van der Waals surface area contributed by atoms with E-state index in [2.05, 4.69) is 25.3 Å². The molecular weight excluding hydrogens is 440 g/mol. The van der Waals surface area contributed by atoms with Crippen molar-refractivity contribution in [3.05, 3.63) is 82.9 Å². The molecule has 1 amide bonds. The van der Waals surface area contributed by atoms with Gasteiger partial charge in [0.1, 0.15) is 18.1 Å². The van der Waals surface area contributed by atoms with E-state index in [-0.39, 0.29) is 11.3 Å². The Labute approximate surface area is 199 Å². The summed E-state index contributed by atoms with van der Waals surface area (Å²) in [4.78, 5) is 29.9. The van der Waals surface area contributed by atoms with Gasteiger partial charge in [-0.15, -0.1) is 0 Å². The van der Waals surface area contributed by atoms with Gasteiger partial charge in [-0.25, -0.2) is 0 Å². The summed E-state index contributed by atoms with van der Waals surface area (Å²) in [7, 11) is 0. The second-order valence-electron chi connectivity index (χ2n) is 7.70. The number of amides is 1. The van der Waals surface area contributed by atoms with Gasteiger partial charge in [0.15, 0.2) is 0 Å². The molecule has 1 N–H and O–H groups in total. The van der Waals surface area contributed by atoms with E-state index in [1.165, 1.54) is 4.90 Å². The summed E-state index contributed by atoms with van der Waals surface area (Å²) in [6.07, 6.45) is 1.64. The first kappa shape index (κ1) is 24.6. The van der Waals surface area contributed by atoms with Crippen molar-refractivity contribution in [2.24, 2.45) is 0 Å². The van der Waals surface area contributed by atoms with Crippen molar-refractivity contribution < 1.29 is 19.4 Å². The smallest absolute Gasteiger partial charge is 0.295 e. The van der Waals surface area contributed by atoms with Crippen LogP contribution in [0.25, 0.3) is 5.76 Å². The molecule has 1 atom stereocenters. The van der Waals surface area contributed by atoms with Gasteiger partial charge in [0.25, 0.3) is 11.7 Å². The number of carbonyl (C=O) groups excluding carboxylic acids is 2. The molecule has 1 saturated heterocycles. The molecule has 0 aliphatic carbocycles. The predicted molar refractivity (Wildman–Crippen MR) is 130 cm³/mol. The van der Waals surface area contributed by atoms with E-state index in [4.69, 9.17) is 16.3 Å². The van der Waals surface area contributed by atoms with Crippen molar-refractivity contribution in [1.82, 2.24) is 9.80 Å². The highest BCUT2D eigenvalue weighted by Gasteiger charge is 2.46. The van der Waals surface area contributed by atoms with Gasteiger partial charge in [-0.1, -0.05) is 50.2 Å². The maximum Gasteiger partial charge on any atom is 0.295 e. The molecule has 174 valence electrons. The number of rotatable bonds is 10. The highest BCUT2D eigenvalue weighted by atomic mass is 35.5. The van der Waals surface area contributed by atoms with Crippen LogP contribution in [0.2, 0.25) is 5.02 Å². The lowest BCUT2D eigenvalue weighted by Crippen LogP contribution is -2.38. The lowest BCUT2D eigenvalue weighted by molar-refractivity contribution is -0.140. The number of likely N-dealkylation sites (tertiary alicyclic amines) is 1. The van der Waals surface area contributed by atoms with Gasteiger partial charge < -0.3 is 19.6 Å². The molecule has 7 heteroatoms. The fourth-order valence-electron chi connectivity index (χ4n) is 3.94. The lowest BCUT2D eigenvalue weighted by Gasteiger charge is -2.28. The van der Waals surface area contributed by atoms with Gasteiger partial charge in [-0.2, -0.15) is 0 Å². The number of ether oxygens (including phenoxy) is 1. The van der Waals surface area contributed by atoms with Crippen LogP contribution < -0.4 is 4.74 Å². The summed E-state index contributed by atoms with van der Waals surface area (Å²) >= 11 is 5.98. The third-order valence-corrected chi connectivity index (χ3v) is 6.00. The van der Waals surface area contributed by atoms with Crippen molar-refractivity contribution >= 4 is 29.1 Å². The minimum atomic E-state index is -0.733. The molecule has 3 rings (SSSR count). The molecule has 0 saturated carbocycles. The van der Waals surface area contributed by atoms with Gasteiger partial charge in [0, 0.05) is 23.7 Å². The Morgan fingerprint density at radius 2 is 1.88 bits per heavy atom. The molecule has 0 aromatic heterocycles. The molecular formula is C26H29ClN2O4. The fraction of sp³-hybridized carbons (Fsp3) is 0.308. The van der Waals surface area contributed by atoms with Gasteiger partial charge in [-0.05, 0) is 55.1 Å². The Balaban J connectivity index is 2.09. The summed E-state index contributed by atoms with van der Waals surface area (Å²) in [6.45, 7) is 10.7. The van der Waals surface area contributed by atoms with Crippen LogP contribution in [0.4, 0.5) is 0 Å². The Bertz CT molecular complexity index is 1040. The predicted octanol–water partition coefficient (Wildman–Crippen LogP) is 4.67. The van der Waals surface area contributed by atoms with Crippen LogP contribution in [-0.4, -0.2) is 59.4 Å². The van der Waals surface area contributed by atoms with E-state index in [9.17, 15) is 14.7 Å². The van der Waals surface area contributed by atoms with Crippen LogP contribution in [0, 0.1) is 0 Å². The van der Waals surface area contributed by atoms with Crippen molar-refractivity contribution in [2.45, 2.75) is 19.9 Å². The molecule has 0 radical (unpaired) electrons. The first-order valence-electron chi connectivity index (χ1n) is 11.0. The summed E-state index contributed by atoms with van der Waals surface area (Å²) in [5, 5.41) is 11.6. The van der Waals surface area contributed by atoms with Gasteiger partial charge in [0.05, 0.1) is 11.6 Å². The summed E-state index contributed by atoms with van der Waals surface area (Å²) in [6, 6.07) is 13.0. The molecule has 6 nitrogen and oxygen atoms in total. The monoisotopic (exact) mass is 468 g/mol. The molecule has 2 aromatic rings. The Hall–Kier alpha value is -3.09. The minimum absolute atomic E-state index is 0.0581. The molecule has 1 heterocycles. The Morgan fingerprint density at radius 3 is 2.52 bits per heavy atom. The molecule has 0 spiro atoms. The van der Waals surface area contributed by atoms with Gasteiger partial charge in [0.2, 0.25) is 0 Å². The quantitative estimate of drug-likeness (QED) is 0.237. The van der Waals surface area contributed by atoms with Crippen LogP contribution in [0.3, 0.4) is 0 Å². The third kappa shape index (κ3) is 5.46. The number of hydrogen-bond acceptors (Lipinski definition) is 5. The number of carbonyl (C=O) groups is 2. The van der Waals surface area contributed by atoms with Gasteiger partial charge >= 0.3 is 0 Å². The summed E-state index contributed by atoms with van der Waals surface area (Å²) < 4.78 is 5.66. The number of likely N-dealkylation sites (N-methyl/N-ethyl adjacent to an activating group) is 1. The van der Waals surface area contributed by atoms with Crippen LogP contribution >= 0.6 is 11.6 Å². The first-order chi connectivity index (χ1) is 15.9. The van der Waals surface area contributed by atoms with E-state index in [0.29, 0.717) is 41.6 Å². The zero-order chi connectivity index (χ0) is 24.0. The van der Waals surface area contributed by atoms with Crippen molar-refractivity contribution in [3.8, 4) is 5.75 Å². The first-order valence-corrected chi connectivity index (χ1v) is 11.4. The number of benzene rings is 2.